The molecule has 0 bridgehead atoms. The van der Waals surface area contributed by atoms with Gasteiger partial charge in [-0.05, 0) is 30.9 Å². The van der Waals surface area contributed by atoms with Gasteiger partial charge in [0.05, 0.1) is 5.75 Å². The molecule has 1 heterocycles. The maximum atomic E-state index is 13.5. The Kier molecular flexibility index (Phi) is 6.34. The van der Waals surface area contributed by atoms with Gasteiger partial charge in [0, 0.05) is 13.1 Å². The summed E-state index contributed by atoms with van der Waals surface area (Å²) in [4.78, 5) is 19.7. The summed E-state index contributed by atoms with van der Waals surface area (Å²) >= 11 is 0. The highest BCUT2D eigenvalue weighted by Gasteiger charge is 2.50. The SMILES string of the molecule is CCS(=O)(=O)NCCCCN1C(=O)C(c2ccccc2)(c2ccccc2)N=C1N. The van der Waals surface area contributed by atoms with Gasteiger partial charge in [0.25, 0.3) is 5.91 Å². The summed E-state index contributed by atoms with van der Waals surface area (Å²) < 4.78 is 25.5. The van der Waals surface area contributed by atoms with E-state index in [1.165, 1.54) is 4.90 Å². The van der Waals surface area contributed by atoms with Crippen molar-refractivity contribution < 1.29 is 13.2 Å². The Labute approximate surface area is 171 Å². The molecule has 0 aromatic heterocycles. The lowest BCUT2D eigenvalue weighted by Crippen LogP contribution is -2.44. The van der Waals surface area contributed by atoms with E-state index in [-0.39, 0.29) is 17.6 Å². The molecule has 8 heteroatoms. The molecule has 1 aliphatic rings. The Hall–Kier alpha value is -2.71. The van der Waals surface area contributed by atoms with Gasteiger partial charge in [-0.1, -0.05) is 60.7 Å². The van der Waals surface area contributed by atoms with Crippen molar-refractivity contribution in [2.75, 3.05) is 18.8 Å². The second kappa shape index (κ2) is 8.75. The van der Waals surface area contributed by atoms with Gasteiger partial charge in [-0.25, -0.2) is 18.1 Å². The summed E-state index contributed by atoms with van der Waals surface area (Å²) in [5.74, 6) is 0.0341. The number of hydrogen-bond donors (Lipinski definition) is 2. The maximum Gasteiger partial charge on any atom is 0.266 e. The fourth-order valence-corrected chi connectivity index (χ4v) is 4.08. The van der Waals surface area contributed by atoms with E-state index in [0.29, 0.717) is 25.9 Å². The first-order chi connectivity index (χ1) is 13.9. The van der Waals surface area contributed by atoms with E-state index in [0.717, 1.165) is 11.1 Å². The Morgan fingerprint density at radius 1 is 1.00 bits per heavy atom. The van der Waals surface area contributed by atoms with Gasteiger partial charge in [0.2, 0.25) is 10.0 Å². The lowest BCUT2D eigenvalue weighted by Gasteiger charge is -2.27. The van der Waals surface area contributed by atoms with Gasteiger partial charge < -0.3 is 5.73 Å². The Morgan fingerprint density at radius 2 is 1.55 bits per heavy atom. The first-order valence-corrected chi connectivity index (χ1v) is 11.3. The second-order valence-corrected chi connectivity index (χ2v) is 8.97. The van der Waals surface area contributed by atoms with E-state index < -0.39 is 15.6 Å². The van der Waals surface area contributed by atoms with Crippen LogP contribution in [0.2, 0.25) is 0 Å². The molecule has 1 aliphatic heterocycles. The van der Waals surface area contributed by atoms with E-state index >= 15 is 0 Å². The largest absolute Gasteiger partial charge is 0.369 e. The van der Waals surface area contributed by atoms with Gasteiger partial charge >= 0.3 is 0 Å². The predicted molar refractivity (Wildman–Crippen MR) is 114 cm³/mol. The fraction of sp³-hybridized carbons (Fsp3) is 0.333. The third-order valence-corrected chi connectivity index (χ3v) is 6.41. The number of nitrogens with zero attached hydrogens (tertiary/aromatic N) is 2. The average molecular weight is 415 g/mol. The molecule has 7 nitrogen and oxygen atoms in total. The Bertz CT molecular complexity index is 936. The van der Waals surface area contributed by atoms with Crippen molar-refractivity contribution in [1.82, 2.24) is 9.62 Å². The maximum absolute atomic E-state index is 13.5. The van der Waals surface area contributed by atoms with Crippen molar-refractivity contribution in [2.24, 2.45) is 10.7 Å². The number of sulfonamides is 1. The molecular weight excluding hydrogens is 388 g/mol. The number of hydrogen-bond acceptors (Lipinski definition) is 5. The number of nitrogens with two attached hydrogens (primary N) is 1. The van der Waals surface area contributed by atoms with Crippen molar-refractivity contribution >= 4 is 21.9 Å². The van der Waals surface area contributed by atoms with Crippen LogP contribution >= 0.6 is 0 Å². The quantitative estimate of drug-likeness (QED) is 0.611. The number of nitrogens with one attached hydrogen (secondary N) is 1. The Morgan fingerprint density at radius 3 is 2.07 bits per heavy atom. The van der Waals surface area contributed by atoms with Gasteiger partial charge in [-0.15, -0.1) is 0 Å². The van der Waals surface area contributed by atoms with Crippen molar-refractivity contribution in [1.29, 1.82) is 0 Å². The topological polar surface area (TPSA) is 105 Å². The van der Waals surface area contributed by atoms with Crippen molar-refractivity contribution in [3.8, 4) is 0 Å². The highest BCUT2D eigenvalue weighted by Crippen LogP contribution is 2.39. The number of aliphatic imine (C=N–C) groups is 1. The molecule has 0 spiro atoms. The molecule has 3 N–H and O–H groups in total. The molecular formula is C21H26N4O3S. The highest BCUT2D eigenvalue weighted by molar-refractivity contribution is 7.89. The normalized spacial score (nSPS) is 16.1. The molecule has 0 aliphatic carbocycles. The summed E-state index contributed by atoms with van der Waals surface area (Å²) in [6, 6.07) is 18.8. The van der Waals surface area contributed by atoms with E-state index in [9.17, 15) is 13.2 Å². The first kappa shape index (κ1) is 21.0. The lowest BCUT2D eigenvalue weighted by atomic mass is 9.83. The van der Waals surface area contributed by atoms with Crippen LogP contribution in [0.5, 0.6) is 0 Å². The van der Waals surface area contributed by atoms with E-state index in [4.69, 9.17) is 5.73 Å². The van der Waals surface area contributed by atoms with Crippen molar-refractivity contribution in [3.05, 3.63) is 71.8 Å². The van der Waals surface area contributed by atoms with E-state index in [1.54, 1.807) is 6.92 Å². The standard InChI is InChI=1S/C21H26N4O3S/c1-2-29(27,28)23-15-9-10-16-25-19(26)21(24-20(25)22,17-11-5-3-6-12-17)18-13-7-4-8-14-18/h3-8,11-14,23H,2,9-10,15-16H2,1H3,(H2,22,24). The Balaban J connectivity index is 1.78. The molecule has 0 atom stereocenters. The van der Waals surface area contributed by atoms with Gasteiger partial charge in [0.15, 0.2) is 11.5 Å². The molecule has 29 heavy (non-hydrogen) atoms. The van der Waals surface area contributed by atoms with Crippen LogP contribution in [0.1, 0.15) is 30.9 Å². The number of carbonyl (C=O) groups is 1. The zero-order chi connectivity index (χ0) is 20.9. The van der Waals surface area contributed by atoms with Crippen LogP contribution in [-0.2, 0) is 20.4 Å². The number of rotatable bonds is 9. The van der Waals surface area contributed by atoms with Crippen molar-refractivity contribution in [2.45, 2.75) is 25.3 Å². The fourth-order valence-electron chi connectivity index (χ4n) is 3.42. The minimum Gasteiger partial charge on any atom is -0.369 e. The summed E-state index contributed by atoms with van der Waals surface area (Å²) in [5, 5.41) is 0. The molecule has 2 aromatic rings. The number of amides is 1. The lowest BCUT2D eigenvalue weighted by molar-refractivity contribution is -0.130. The second-order valence-electron chi connectivity index (χ2n) is 6.87. The molecule has 0 radical (unpaired) electrons. The van der Waals surface area contributed by atoms with Gasteiger partial charge in [-0.3, -0.25) is 9.69 Å². The molecule has 2 aromatic carbocycles. The van der Waals surface area contributed by atoms with Crippen LogP contribution < -0.4 is 10.5 Å². The van der Waals surface area contributed by atoms with Crippen LogP contribution in [0.15, 0.2) is 65.7 Å². The zero-order valence-corrected chi connectivity index (χ0v) is 17.2. The van der Waals surface area contributed by atoms with Crippen LogP contribution in [0.25, 0.3) is 0 Å². The van der Waals surface area contributed by atoms with Crippen LogP contribution in [-0.4, -0.2) is 44.0 Å². The van der Waals surface area contributed by atoms with Crippen molar-refractivity contribution in [3.63, 3.8) is 0 Å². The monoisotopic (exact) mass is 414 g/mol. The predicted octanol–water partition coefficient (Wildman–Crippen LogP) is 1.81. The molecule has 0 unspecified atom stereocenters. The molecule has 154 valence electrons. The zero-order valence-electron chi connectivity index (χ0n) is 16.4. The van der Waals surface area contributed by atoms with Crippen LogP contribution in [0.3, 0.4) is 0 Å². The third-order valence-electron chi connectivity index (χ3n) is 5.01. The van der Waals surface area contributed by atoms with E-state index in [2.05, 4.69) is 9.71 Å². The summed E-state index contributed by atoms with van der Waals surface area (Å²) in [6.07, 6.45) is 1.20. The number of benzene rings is 2. The molecule has 0 saturated heterocycles. The van der Waals surface area contributed by atoms with Gasteiger partial charge in [0.1, 0.15) is 0 Å². The third kappa shape index (κ3) is 4.33. The minimum absolute atomic E-state index is 0.0495. The minimum atomic E-state index is -3.21. The molecule has 3 rings (SSSR count). The number of guanidine groups is 1. The molecule has 1 amide bonds. The van der Waals surface area contributed by atoms with Crippen LogP contribution in [0.4, 0.5) is 0 Å². The summed E-state index contributed by atoms with van der Waals surface area (Å²) in [7, 11) is -3.21. The average Bonchev–Trinajstić information content (AvgIpc) is 3.00. The summed E-state index contributed by atoms with van der Waals surface area (Å²) in [5.41, 5.74) is 6.49. The van der Waals surface area contributed by atoms with Crippen LogP contribution in [0, 0.1) is 0 Å². The number of carbonyl (C=O) groups excluding carboxylic acids is 1. The highest BCUT2D eigenvalue weighted by atomic mass is 32.2. The molecule has 0 saturated carbocycles. The first-order valence-electron chi connectivity index (χ1n) is 9.66. The number of unbranched alkanes of at least 4 members (excludes halogenated alkanes) is 1. The molecule has 0 fully saturated rings. The van der Waals surface area contributed by atoms with Gasteiger partial charge in [-0.2, -0.15) is 0 Å². The van der Waals surface area contributed by atoms with E-state index in [1.807, 2.05) is 60.7 Å². The summed E-state index contributed by atoms with van der Waals surface area (Å²) in [6.45, 7) is 2.30. The smallest absolute Gasteiger partial charge is 0.266 e.